The Morgan fingerprint density at radius 2 is 1.97 bits per heavy atom. The number of fused-ring (bicyclic) bond motifs is 1. The zero-order valence-corrected chi connectivity index (χ0v) is 17.5. The van der Waals surface area contributed by atoms with Crippen LogP contribution in [0.15, 0.2) is 41.4 Å². The molecular formula is C23H26FN3O2. The maximum atomic E-state index is 14.9. The molecule has 152 valence electrons. The van der Waals surface area contributed by atoms with E-state index in [1.165, 1.54) is 18.3 Å². The average Bonchev–Trinajstić information content (AvgIpc) is 2.64. The Balaban J connectivity index is 2.00. The van der Waals surface area contributed by atoms with Gasteiger partial charge in [0.05, 0.1) is 16.1 Å². The topological polar surface area (TPSA) is 58.7 Å². The number of halogens is 1. The van der Waals surface area contributed by atoms with E-state index < -0.39 is 4.92 Å². The van der Waals surface area contributed by atoms with Crippen molar-refractivity contribution in [2.45, 2.75) is 46.6 Å². The fourth-order valence-electron chi connectivity index (χ4n) is 3.88. The number of rotatable bonds is 5. The molecule has 0 saturated heterocycles. The third-order valence-corrected chi connectivity index (χ3v) is 5.28. The summed E-state index contributed by atoms with van der Waals surface area (Å²) >= 11 is 0. The number of hydrogen-bond donors (Lipinski definition) is 0. The van der Waals surface area contributed by atoms with Crippen LogP contribution < -0.4 is 4.90 Å². The molecule has 0 fully saturated rings. The first-order valence-corrected chi connectivity index (χ1v) is 9.74. The summed E-state index contributed by atoms with van der Waals surface area (Å²) in [5.74, 6) is -0.335. The maximum Gasteiger partial charge on any atom is 0.269 e. The molecule has 29 heavy (non-hydrogen) atoms. The molecule has 0 spiro atoms. The van der Waals surface area contributed by atoms with Crippen LogP contribution in [0.3, 0.4) is 0 Å². The molecule has 0 atom stereocenters. The van der Waals surface area contributed by atoms with Crippen molar-refractivity contribution < 1.29 is 9.31 Å². The van der Waals surface area contributed by atoms with Gasteiger partial charge in [-0.3, -0.25) is 15.1 Å². The first-order chi connectivity index (χ1) is 13.6. The molecule has 3 rings (SSSR count). The van der Waals surface area contributed by atoms with Gasteiger partial charge in [-0.25, -0.2) is 4.39 Å². The molecule has 1 aliphatic heterocycles. The molecule has 0 unspecified atom stereocenters. The second-order valence-electron chi connectivity index (χ2n) is 8.01. The monoisotopic (exact) mass is 395 g/mol. The largest absolute Gasteiger partial charge is 0.362 e. The maximum absolute atomic E-state index is 14.9. The summed E-state index contributed by atoms with van der Waals surface area (Å²) in [7, 11) is 0. The number of nitrogens with zero attached hydrogens (tertiary/aromatic N) is 3. The van der Waals surface area contributed by atoms with Gasteiger partial charge in [0.15, 0.2) is 0 Å². The molecular weight excluding hydrogens is 369 g/mol. The van der Waals surface area contributed by atoms with Gasteiger partial charge in [0.25, 0.3) is 5.69 Å². The molecule has 0 amide bonds. The highest BCUT2D eigenvalue weighted by Gasteiger charge is 2.31. The number of non-ortho nitro benzene ring substituents is 1. The van der Waals surface area contributed by atoms with E-state index in [2.05, 4.69) is 36.7 Å². The Labute approximate surface area is 170 Å². The van der Waals surface area contributed by atoms with Crippen LogP contribution in [-0.2, 0) is 0 Å². The predicted octanol–water partition coefficient (Wildman–Crippen LogP) is 6.20. The Morgan fingerprint density at radius 3 is 2.59 bits per heavy atom. The summed E-state index contributed by atoms with van der Waals surface area (Å²) in [6.07, 6.45) is 4.67. The van der Waals surface area contributed by atoms with Crippen molar-refractivity contribution in [3.05, 3.63) is 69.0 Å². The first kappa shape index (κ1) is 20.7. The summed E-state index contributed by atoms with van der Waals surface area (Å²) in [5, 5.41) is 10.9. The number of aryl methyl sites for hydroxylation is 1. The second kappa shape index (κ2) is 7.78. The summed E-state index contributed by atoms with van der Waals surface area (Å²) in [6.45, 7) is 11.0. The quantitative estimate of drug-likeness (QED) is 0.344. The Kier molecular flexibility index (Phi) is 5.55. The van der Waals surface area contributed by atoms with E-state index in [-0.39, 0.29) is 17.0 Å². The number of nitro groups is 1. The van der Waals surface area contributed by atoms with Crippen LogP contribution in [0.2, 0.25) is 0 Å². The van der Waals surface area contributed by atoms with Gasteiger partial charge < -0.3 is 4.90 Å². The van der Waals surface area contributed by atoms with E-state index in [9.17, 15) is 14.5 Å². The van der Waals surface area contributed by atoms with Gasteiger partial charge in [-0.05, 0) is 63.5 Å². The molecule has 2 aromatic rings. The fraction of sp³-hybridized carbons (Fsp3) is 0.348. The number of hydrogen-bond acceptors (Lipinski definition) is 4. The third kappa shape index (κ3) is 4.06. The van der Waals surface area contributed by atoms with Gasteiger partial charge in [-0.15, -0.1) is 0 Å². The Bertz CT molecular complexity index is 1030. The lowest BCUT2D eigenvalue weighted by atomic mass is 9.87. The molecule has 0 aromatic heterocycles. The molecule has 6 heteroatoms. The van der Waals surface area contributed by atoms with Crippen molar-refractivity contribution >= 4 is 28.8 Å². The van der Waals surface area contributed by atoms with E-state index in [0.29, 0.717) is 16.8 Å². The summed E-state index contributed by atoms with van der Waals surface area (Å²) in [6, 6.07) is 7.87. The van der Waals surface area contributed by atoms with Crippen LogP contribution in [0.25, 0.3) is 5.57 Å². The fourth-order valence-corrected chi connectivity index (χ4v) is 3.88. The number of benzene rings is 2. The number of nitro benzene ring substituents is 1. The number of anilines is 1. The SMILES string of the molecule is CCCN1c2cc(F)c(C=Nc3ccc([N+](=O)[O-])cc3C)cc2C(C)=CC1(C)C. The molecule has 0 aliphatic carbocycles. The predicted molar refractivity (Wildman–Crippen MR) is 117 cm³/mol. The molecule has 0 saturated carbocycles. The Hall–Kier alpha value is -3.02. The minimum Gasteiger partial charge on any atom is -0.362 e. The van der Waals surface area contributed by atoms with Crippen LogP contribution in [0.5, 0.6) is 0 Å². The zero-order chi connectivity index (χ0) is 21.3. The average molecular weight is 395 g/mol. The molecule has 1 aliphatic rings. The van der Waals surface area contributed by atoms with Crippen molar-refractivity contribution in [2.24, 2.45) is 4.99 Å². The van der Waals surface area contributed by atoms with Crippen molar-refractivity contribution in [1.29, 1.82) is 0 Å². The van der Waals surface area contributed by atoms with Gasteiger partial charge in [-0.2, -0.15) is 0 Å². The van der Waals surface area contributed by atoms with Gasteiger partial charge in [0.1, 0.15) is 5.82 Å². The number of aliphatic imine (C=N–C) groups is 1. The molecule has 1 heterocycles. The molecule has 0 N–H and O–H groups in total. The minimum absolute atomic E-state index is 0.0146. The van der Waals surface area contributed by atoms with Crippen molar-refractivity contribution in [1.82, 2.24) is 0 Å². The van der Waals surface area contributed by atoms with Crippen LogP contribution in [0, 0.1) is 22.9 Å². The Morgan fingerprint density at radius 1 is 1.24 bits per heavy atom. The number of allylic oxidation sites excluding steroid dienone is 1. The van der Waals surface area contributed by atoms with Crippen LogP contribution >= 0.6 is 0 Å². The lowest BCUT2D eigenvalue weighted by molar-refractivity contribution is -0.384. The zero-order valence-electron chi connectivity index (χ0n) is 17.5. The van der Waals surface area contributed by atoms with E-state index in [1.807, 2.05) is 13.0 Å². The molecule has 0 radical (unpaired) electrons. The molecule has 5 nitrogen and oxygen atoms in total. The van der Waals surface area contributed by atoms with Gasteiger partial charge in [0, 0.05) is 41.7 Å². The van der Waals surface area contributed by atoms with Crippen LogP contribution in [0.4, 0.5) is 21.5 Å². The van der Waals surface area contributed by atoms with E-state index in [0.717, 1.165) is 29.8 Å². The van der Waals surface area contributed by atoms with Gasteiger partial charge in [-0.1, -0.05) is 13.0 Å². The molecule has 0 bridgehead atoms. The summed E-state index contributed by atoms with van der Waals surface area (Å²) in [4.78, 5) is 17.1. The van der Waals surface area contributed by atoms with E-state index >= 15 is 0 Å². The van der Waals surface area contributed by atoms with Crippen molar-refractivity contribution in [2.75, 3.05) is 11.4 Å². The van der Waals surface area contributed by atoms with Crippen LogP contribution in [0.1, 0.15) is 50.8 Å². The second-order valence-corrected chi connectivity index (χ2v) is 8.01. The minimum atomic E-state index is -0.442. The summed E-state index contributed by atoms with van der Waals surface area (Å²) < 4.78 is 14.9. The van der Waals surface area contributed by atoms with Crippen LogP contribution in [-0.4, -0.2) is 23.2 Å². The third-order valence-electron chi connectivity index (χ3n) is 5.28. The normalized spacial score (nSPS) is 15.4. The lowest BCUT2D eigenvalue weighted by Gasteiger charge is -2.43. The highest BCUT2D eigenvalue weighted by molar-refractivity contribution is 5.89. The highest BCUT2D eigenvalue weighted by Crippen LogP contribution is 2.40. The van der Waals surface area contributed by atoms with Gasteiger partial charge in [0.2, 0.25) is 0 Å². The lowest BCUT2D eigenvalue weighted by Crippen LogP contribution is -2.45. The highest BCUT2D eigenvalue weighted by atomic mass is 19.1. The van der Waals surface area contributed by atoms with Gasteiger partial charge >= 0.3 is 0 Å². The molecule has 2 aromatic carbocycles. The van der Waals surface area contributed by atoms with Crippen molar-refractivity contribution in [3.63, 3.8) is 0 Å². The van der Waals surface area contributed by atoms with E-state index in [1.54, 1.807) is 19.1 Å². The van der Waals surface area contributed by atoms with Crippen molar-refractivity contribution in [3.8, 4) is 0 Å². The summed E-state index contributed by atoms with van der Waals surface area (Å²) in [5.41, 5.74) is 4.49. The van der Waals surface area contributed by atoms with E-state index in [4.69, 9.17) is 0 Å². The smallest absolute Gasteiger partial charge is 0.269 e. The first-order valence-electron chi connectivity index (χ1n) is 9.74. The standard InChI is InChI=1S/C23H26FN3O2/c1-6-9-26-22-12-20(24)17(11-19(22)16(3)13-23(26,4)5)14-25-21-8-7-18(27(28)29)10-15(21)2/h7-8,10-14H,6,9H2,1-5H3.